The van der Waals surface area contributed by atoms with E-state index in [1.807, 2.05) is 36.7 Å². The first kappa shape index (κ1) is 19.6. The summed E-state index contributed by atoms with van der Waals surface area (Å²) in [5.41, 5.74) is 7.75. The summed E-state index contributed by atoms with van der Waals surface area (Å²) in [7, 11) is 0. The van der Waals surface area contributed by atoms with Gasteiger partial charge < -0.3 is 16.2 Å². The zero-order chi connectivity index (χ0) is 19.2. The Morgan fingerprint density at radius 1 is 1.23 bits per heavy atom. The number of hydrogen-bond donors (Lipinski definition) is 3. The molecule has 1 saturated carbocycles. The Morgan fingerprint density at radius 3 is 2.31 bits per heavy atom. The number of alkyl halides is 3. The van der Waals surface area contributed by atoms with E-state index in [2.05, 4.69) is 21.4 Å². The Morgan fingerprint density at radius 2 is 1.85 bits per heavy atom. The van der Waals surface area contributed by atoms with Crippen molar-refractivity contribution in [3.05, 3.63) is 54.1 Å². The number of carboxylic acid groups (broad SMARTS) is 1. The largest absolute Gasteiger partial charge is 0.490 e. The third-order valence-electron chi connectivity index (χ3n) is 4.03. The van der Waals surface area contributed by atoms with Gasteiger partial charge in [-0.15, -0.1) is 0 Å². The molecule has 1 aliphatic rings. The van der Waals surface area contributed by atoms with Crippen molar-refractivity contribution in [3.63, 3.8) is 0 Å². The van der Waals surface area contributed by atoms with Crippen LogP contribution in [0.1, 0.15) is 30.7 Å². The van der Waals surface area contributed by atoms with Gasteiger partial charge in [0.25, 0.3) is 0 Å². The number of nitrogens with one attached hydrogen (secondary N) is 1. The Kier molecular flexibility index (Phi) is 6.14. The SMILES string of the molecule is Nc1cccc(CNC2(c3ncccn3)CCC2)c1.O=C(O)C(F)(F)F. The van der Waals surface area contributed by atoms with Crippen molar-refractivity contribution in [2.75, 3.05) is 5.73 Å². The highest BCUT2D eigenvalue weighted by atomic mass is 19.4. The van der Waals surface area contributed by atoms with Gasteiger partial charge in [-0.05, 0) is 43.0 Å². The molecule has 26 heavy (non-hydrogen) atoms. The molecular formula is C17H19F3N4O2. The summed E-state index contributed by atoms with van der Waals surface area (Å²) in [5.74, 6) is -1.85. The lowest BCUT2D eigenvalue weighted by Gasteiger charge is -2.41. The highest BCUT2D eigenvalue weighted by Crippen LogP contribution is 2.39. The van der Waals surface area contributed by atoms with Crippen LogP contribution < -0.4 is 11.1 Å². The van der Waals surface area contributed by atoms with Gasteiger partial charge in [-0.3, -0.25) is 0 Å². The Bertz CT molecular complexity index is 734. The summed E-state index contributed by atoms with van der Waals surface area (Å²) < 4.78 is 31.7. The number of hydrogen-bond acceptors (Lipinski definition) is 5. The number of rotatable bonds is 4. The van der Waals surface area contributed by atoms with Gasteiger partial charge >= 0.3 is 12.1 Å². The topological polar surface area (TPSA) is 101 Å². The first-order chi connectivity index (χ1) is 12.2. The van der Waals surface area contributed by atoms with Crippen LogP contribution in [-0.2, 0) is 16.9 Å². The summed E-state index contributed by atoms with van der Waals surface area (Å²) in [6, 6.07) is 9.84. The maximum atomic E-state index is 10.6. The molecule has 0 bridgehead atoms. The average molecular weight is 368 g/mol. The first-order valence-electron chi connectivity index (χ1n) is 7.90. The van der Waals surface area contributed by atoms with Crippen LogP contribution in [0.25, 0.3) is 0 Å². The fourth-order valence-electron chi connectivity index (χ4n) is 2.53. The zero-order valence-corrected chi connectivity index (χ0v) is 13.8. The van der Waals surface area contributed by atoms with Gasteiger partial charge in [0.15, 0.2) is 0 Å². The molecule has 1 heterocycles. The predicted molar refractivity (Wildman–Crippen MR) is 88.9 cm³/mol. The maximum absolute atomic E-state index is 10.6. The number of carboxylic acids is 1. The molecule has 0 aliphatic heterocycles. The summed E-state index contributed by atoms with van der Waals surface area (Å²) in [5, 5.41) is 10.7. The van der Waals surface area contributed by atoms with Crippen LogP contribution in [0, 0.1) is 0 Å². The number of nitrogens with two attached hydrogens (primary N) is 1. The van der Waals surface area contributed by atoms with Gasteiger partial charge in [0.1, 0.15) is 5.82 Å². The number of aliphatic carboxylic acids is 1. The molecular weight excluding hydrogens is 349 g/mol. The van der Waals surface area contributed by atoms with Gasteiger partial charge in [-0.1, -0.05) is 12.1 Å². The number of carbonyl (C=O) groups is 1. The van der Waals surface area contributed by atoms with Crippen LogP contribution in [0.2, 0.25) is 0 Å². The van der Waals surface area contributed by atoms with E-state index < -0.39 is 12.1 Å². The van der Waals surface area contributed by atoms with Crippen LogP contribution in [0.3, 0.4) is 0 Å². The van der Waals surface area contributed by atoms with E-state index in [0.29, 0.717) is 0 Å². The number of halogens is 3. The van der Waals surface area contributed by atoms with Crippen molar-refractivity contribution >= 4 is 11.7 Å². The molecule has 0 saturated heterocycles. The molecule has 2 aromatic rings. The predicted octanol–water partition coefficient (Wildman–Crippen LogP) is 2.86. The van der Waals surface area contributed by atoms with Gasteiger partial charge in [0.2, 0.25) is 0 Å². The van der Waals surface area contributed by atoms with Crippen molar-refractivity contribution < 1.29 is 23.1 Å². The lowest BCUT2D eigenvalue weighted by atomic mass is 9.76. The number of nitrogen functional groups attached to an aromatic ring is 1. The minimum Gasteiger partial charge on any atom is -0.475 e. The molecule has 6 nitrogen and oxygen atoms in total. The van der Waals surface area contributed by atoms with Gasteiger partial charge in [0, 0.05) is 24.6 Å². The summed E-state index contributed by atoms with van der Waals surface area (Å²) >= 11 is 0. The number of anilines is 1. The van der Waals surface area contributed by atoms with E-state index in [0.717, 1.165) is 30.9 Å². The monoisotopic (exact) mass is 368 g/mol. The molecule has 0 unspecified atom stereocenters. The smallest absolute Gasteiger partial charge is 0.475 e. The molecule has 1 aromatic carbocycles. The molecule has 1 aromatic heterocycles. The standard InChI is InChI=1S/C15H18N4.C2HF3O2/c16-13-5-1-4-12(10-13)11-19-15(6-2-7-15)14-17-8-3-9-18-14;3-2(4,5)1(6)7/h1,3-5,8-10,19H,2,6-7,11,16H2;(H,6,7). The lowest BCUT2D eigenvalue weighted by Crippen LogP contribution is -2.48. The molecule has 1 fully saturated rings. The van der Waals surface area contributed by atoms with Crippen molar-refractivity contribution in [3.8, 4) is 0 Å². The molecule has 0 radical (unpaired) electrons. The second-order valence-corrected chi connectivity index (χ2v) is 5.91. The lowest BCUT2D eigenvalue weighted by molar-refractivity contribution is -0.192. The van der Waals surface area contributed by atoms with E-state index in [4.69, 9.17) is 15.6 Å². The summed E-state index contributed by atoms with van der Waals surface area (Å²) in [4.78, 5) is 17.7. The maximum Gasteiger partial charge on any atom is 0.490 e. The highest BCUT2D eigenvalue weighted by molar-refractivity contribution is 5.73. The van der Waals surface area contributed by atoms with E-state index in [9.17, 15) is 13.2 Å². The molecule has 140 valence electrons. The minimum absolute atomic E-state index is 0.0497. The number of aromatic nitrogens is 2. The fourth-order valence-corrected chi connectivity index (χ4v) is 2.53. The van der Waals surface area contributed by atoms with Crippen molar-refractivity contribution in [2.45, 2.75) is 37.5 Å². The quantitative estimate of drug-likeness (QED) is 0.718. The average Bonchev–Trinajstić information content (AvgIpc) is 2.55. The second kappa shape index (κ2) is 8.13. The Balaban J connectivity index is 0.000000298. The molecule has 3 rings (SSSR count). The van der Waals surface area contributed by atoms with E-state index >= 15 is 0 Å². The molecule has 0 spiro atoms. The van der Waals surface area contributed by atoms with Crippen molar-refractivity contribution in [1.82, 2.24) is 15.3 Å². The summed E-state index contributed by atoms with van der Waals surface area (Å²) in [6.07, 6.45) is 1.95. The van der Waals surface area contributed by atoms with E-state index in [1.165, 1.54) is 12.0 Å². The van der Waals surface area contributed by atoms with Crippen LogP contribution in [0.5, 0.6) is 0 Å². The number of nitrogens with zero attached hydrogens (tertiary/aromatic N) is 2. The number of benzene rings is 1. The van der Waals surface area contributed by atoms with Crippen LogP contribution in [0.15, 0.2) is 42.7 Å². The molecule has 0 atom stereocenters. The molecule has 0 amide bonds. The third kappa shape index (κ3) is 5.16. The van der Waals surface area contributed by atoms with Gasteiger partial charge in [0.05, 0.1) is 5.54 Å². The van der Waals surface area contributed by atoms with Crippen LogP contribution in [0.4, 0.5) is 18.9 Å². The van der Waals surface area contributed by atoms with Gasteiger partial charge in [-0.2, -0.15) is 13.2 Å². The highest BCUT2D eigenvalue weighted by Gasteiger charge is 2.40. The zero-order valence-electron chi connectivity index (χ0n) is 13.8. The normalized spacial score (nSPS) is 15.3. The fraction of sp³-hybridized carbons (Fsp3) is 0.353. The first-order valence-corrected chi connectivity index (χ1v) is 7.90. The third-order valence-corrected chi connectivity index (χ3v) is 4.03. The minimum atomic E-state index is -5.08. The van der Waals surface area contributed by atoms with Crippen molar-refractivity contribution in [2.24, 2.45) is 0 Å². The van der Waals surface area contributed by atoms with Crippen LogP contribution >= 0.6 is 0 Å². The van der Waals surface area contributed by atoms with Crippen LogP contribution in [-0.4, -0.2) is 27.2 Å². The van der Waals surface area contributed by atoms with Crippen molar-refractivity contribution in [1.29, 1.82) is 0 Å². The Hall–Kier alpha value is -2.68. The molecule has 1 aliphatic carbocycles. The van der Waals surface area contributed by atoms with E-state index in [-0.39, 0.29) is 5.54 Å². The second-order valence-electron chi connectivity index (χ2n) is 5.91. The Labute approximate surface area is 148 Å². The molecule has 9 heteroatoms. The van der Waals surface area contributed by atoms with Gasteiger partial charge in [-0.25, -0.2) is 14.8 Å². The molecule has 4 N–H and O–H groups in total. The van der Waals surface area contributed by atoms with E-state index in [1.54, 1.807) is 0 Å². The summed E-state index contributed by atoms with van der Waals surface area (Å²) in [6.45, 7) is 0.795.